The van der Waals surface area contributed by atoms with Crippen LogP contribution in [0.1, 0.15) is 26.3 Å². The molecule has 1 heterocycles. The lowest BCUT2D eigenvalue weighted by molar-refractivity contribution is 0.0138. The summed E-state index contributed by atoms with van der Waals surface area (Å²) >= 11 is 6.12. The highest BCUT2D eigenvalue weighted by Gasteiger charge is 2.26. The molecule has 0 unspecified atom stereocenters. The first-order valence-corrected chi connectivity index (χ1v) is 11.9. The minimum Gasteiger partial charge on any atom is -0.492 e. The number of hydrogen-bond donors (Lipinski definition) is 0. The van der Waals surface area contributed by atoms with Gasteiger partial charge in [-0.3, -0.25) is 4.90 Å². The van der Waals surface area contributed by atoms with Gasteiger partial charge >= 0.3 is 6.09 Å². The van der Waals surface area contributed by atoms with Crippen LogP contribution < -0.4 is 4.74 Å². The average molecular weight is 474 g/mol. The summed E-state index contributed by atoms with van der Waals surface area (Å²) < 4.78 is 11.7. The fraction of sp³-hybridized carbons (Fsp3) is 0.500. The van der Waals surface area contributed by atoms with Gasteiger partial charge in [-0.05, 0) is 64.2 Å². The van der Waals surface area contributed by atoms with E-state index in [1.54, 1.807) is 4.90 Å². The van der Waals surface area contributed by atoms with Gasteiger partial charge in [0.15, 0.2) is 0 Å². The Hall–Kier alpha value is -2.28. The van der Waals surface area contributed by atoms with E-state index in [0.29, 0.717) is 19.7 Å². The lowest BCUT2D eigenvalue weighted by atomic mass is 9.98. The summed E-state index contributed by atoms with van der Waals surface area (Å²) in [6.45, 7) is 10.8. The molecule has 0 radical (unpaired) electrons. The van der Waals surface area contributed by atoms with Crippen molar-refractivity contribution in [2.75, 3.05) is 53.4 Å². The van der Waals surface area contributed by atoms with E-state index < -0.39 is 5.60 Å². The summed E-state index contributed by atoms with van der Waals surface area (Å²) in [6, 6.07) is 14.1. The van der Waals surface area contributed by atoms with Crippen molar-refractivity contribution in [3.8, 4) is 16.9 Å². The molecule has 1 aliphatic rings. The first kappa shape index (κ1) is 25.3. The Balaban J connectivity index is 1.76. The second kappa shape index (κ2) is 11.2. The summed E-state index contributed by atoms with van der Waals surface area (Å²) in [5.41, 5.74) is 2.93. The highest BCUT2D eigenvalue weighted by Crippen LogP contribution is 2.33. The number of ether oxygens (including phenoxy) is 2. The average Bonchev–Trinajstić information content (AvgIpc) is 2.74. The van der Waals surface area contributed by atoms with Gasteiger partial charge in [0.25, 0.3) is 0 Å². The highest BCUT2D eigenvalue weighted by molar-refractivity contribution is 6.30. The van der Waals surface area contributed by atoms with Crippen molar-refractivity contribution in [1.82, 2.24) is 14.7 Å². The van der Waals surface area contributed by atoms with Crippen molar-refractivity contribution in [1.29, 1.82) is 0 Å². The van der Waals surface area contributed by atoms with Gasteiger partial charge in [0.1, 0.15) is 18.0 Å². The van der Waals surface area contributed by atoms with Gasteiger partial charge < -0.3 is 19.3 Å². The lowest BCUT2D eigenvalue weighted by Gasteiger charge is -2.36. The number of carbonyl (C=O) groups is 1. The monoisotopic (exact) mass is 473 g/mol. The van der Waals surface area contributed by atoms with Crippen LogP contribution in [0.2, 0.25) is 5.02 Å². The molecule has 1 fully saturated rings. The van der Waals surface area contributed by atoms with Gasteiger partial charge in [-0.1, -0.05) is 35.9 Å². The molecule has 0 aromatic heterocycles. The SMILES string of the molecule is CN(C)CCOc1cccc(-c2ccc(Cl)cc2)c1CN1CCN(C(=O)OC(C)(C)C)CC1. The van der Waals surface area contributed by atoms with Crippen molar-refractivity contribution >= 4 is 17.7 Å². The Morgan fingerprint density at radius 1 is 1.03 bits per heavy atom. The van der Waals surface area contributed by atoms with Crippen LogP contribution in [-0.2, 0) is 11.3 Å². The van der Waals surface area contributed by atoms with E-state index in [-0.39, 0.29) is 6.09 Å². The zero-order valence-corrected chi connectivity index (χ0v) is 21.2. The second-order valence-corrected chi connectivity index (χ2v) is 10.1. The molecule has 2 aromatic carbocycles. The zero-order valence-electron chi connectivity index (χ0n) is 20.4. The second-order valence-electron chi connectivity index (χ2n) is 9.68. The molecule has 0 saturated carbocycles. The van der Waals surface area contributed by atoms with E-state index in [1.807, 2.05) is 71.3 Å². The molecule has 2 aromatic rings. The number of likely N-dealkylation sites (N-methyl/N-ethyl adjacent to an activating group) is 1. The Morgan fingerprint density at radius 3 is 2.30 bits per heavy atom. The van der Waals surface area contributed by atoms with Gasteiger partial charge in [0.2, 0.25) is 0 Å². The molecule has 3 rings (SSSR count). The van der Waals surface area contributed by atoms with Crippen LogP contribution in [-0.4, -0.2) is 79.8 Å². The van der Waals surface area contributed by atoms with E-state index in [0.717, 1.165) is 53.6 Å². The van der Waals surface area contributed by atoms with Gasteiger partial charge in [0.05, 0.1) is 0 Å². The van der Waals surface area contributed by atoms with E-state index in [2.05, 4.69) is 15.9 Å². The standard InChI is InChI=1S/C26H36ClN3O3/c1-26(2,3)33-25(31)30-15-13-29(14-16-30)19-23-22(20-9-11-21(27)12-10-20)7-6-8-24(23)32-18-17-28(4)5/h6-12H,13-19H2,1-5H3. The molecule has 6 nitrogen and oxygen atoms in total. The Labute approximate surface area is 203 Å². The van der Waals surface area contributed by atoms with Crippen LogP contribution in [0.3, 0.4) is 0 Å². The summed E-state index contributed by atoms with van der Waals surface area (Å²) in [7, 11) is 4.08. The highest BCUT2D eigenvalue weighted by atomic mass is 35.5. The third kappa shape index (κ3) is 7.63. The molecule has 180 valence electrons. The number of benzene rings is 2. The van der Waals surface area contributed by atoms with E-state index in [9.17, 15) is 4.79 Å². The first-order valence-electron chi connectivity index (χ1n) is 11.5. The molecule has 1 amide bonds. The number of halogens is 1. The van der Waals surface area contributed by atoms with Crippen LogP contribution >= 0.6 is 11.6 Å². The first-order chi connectivity index (χ1) is 15.6. The third-order valence-electron chi connectivity index (χ3n) is 5.49. The van der Waals surface area contributed by atoms with Crippen molar-refractivity contribution in [3.05, 3.63) is 53.1 Å². The van der Waals surface area contributed by atoms with Crippen LogP contribution in [0.5, 0.6) is 5.75 Å². The van der Waals surface area contributed by atoms with E-state index >= 15 is 0 Å². The van der Waals surface area contributed by atoms with Gasteiger partial charge in [-0.15, -0.1) is 0 Å². The Kier molecular flexibility index (Phi) is 8.63. The van der Waals surface area contributed by atoms with E-state index in [4.69, 9.17) is 21.1 Å². The lowest BCUT2D eigenvalue weighted by Crippen LogP contribution is -2.49. The Morgan fingerprint density at radius 2 is 1.70 bits per heavy atom. The maximum absolute atomic E-state index is 12.4. The molecule has 0 atom stereocenters. The fourth-order valence-corrected chi connectivity index (χ4v) is 3.87. The van der Waals surface area contributed by atoms with Gasteiger partial charge in [0, 0.05) is 49.9 Å². The fourth-order valence-electron chi connectivity index (χ4n) is 3.74. The van der Waals surface area contributed by atoms with Crippen LogP contribution in [0.25, 0.3) is 11.1 Å². The van der Waals surface area contributed by atoms with Crippen LogP contribution in [0, 0.1) is 0 Å². The van der Waals surface area contributed by atoms with Crippen molar-refractivity contribution in [3.63, 3.8) is 0 Å². The molecule has 33 heavy (non-hydrogen) atoms. The smallest absolute Gasteiger partial charge is 0.410 e. The number of piperazine rings is 1. The summed E-state index contributed by atoms with van der Waals surface area (Å²) in [4.78, 5) is 18.7. The molecule has 0 bridgehead atoms. The number of nitrogens with zero attached hydrogens (tertiary/aromatic N) is 3. The normalized spacial score (nSPS) is 15.1. The third-order valence-corrected chi connectivity index (χ3v) is 5.74. The number of amides is 1. The van der Waals surface area contributed by atoms with Gasteiger partial charge in [-0.2, -0.15) is 0 Å². The predicted molar refractivity (Wildman–Crippen MR) is 134 cm³/mol. The topological polar surface area (TPSA) is 45.2 Å². The molecule has 0 aliphatic carbocycles. The van der Waals surface area contributed by atoms with Crippen LogP contribution in [0.15, 0.2) is 42.5 Å². The summed E-state index contributed by atoms with van der Waals surface area (Å²) in [5, 5.41) is 0.719. The minimum absolute atomic E-state index is 0.239. The maximum atomic E-state index is 12.4. The molecule has 7 heteroatoms. The quantitative estimate of drug-likeness (QED) is 0.566. The van der Waals surface area contributed by atoms with Crippen LogP contribution in [0.4, 0.5) is 4.79 Å². The zero-order chi connectivity index (χ0) is 24.0. The van der Waals surface area contributed by atoms with Crippen molar-refractivity contribution in [2.24, 2.45) is 0 Å². The molecule has 1 aliphatic heterocycles. The summed E-state index contributed by atoms with van der Waals surface area (Å²) in [6.07, 6.45) is -0.239. The maximum Gasteiger partial charge on any atom is 0.410 e. The largest absolute Gasteiger partial charge is 0.492 e. The number of hydrogen-bond acceptors (Lipinski definition) is 5. The molecule has 0 N–H and O–H groups in total. The number of carbonyl (C=O) groups excluding carboxylic acids is 1. The molecule has 0 spiro atoms. The minimum atomic E-state index is -0.482. The molecular weight excluding hydrogens is 438 g/mol. The Bertz CT molecular complexity index is 917. The van der Waals surface area contributed by atoms with Gasteiger partial charge in [-0.25, -0.2) is 4.79 Å². The number of rotatable bonds is 7. The molecule has 1 saturated heterocycles. The van der Waals surface area contributed by atoms with E-state index in [1.165, 1.54) is 0 Å². The van der Waals surface area contributed by atoms with Crippen molar-refractivity contribution in [2.45, 2.75) is 32.9 Å². The van der Waals surface area contributed by atoms with Crippen molar-refractivity contribution < 1.29 is 14.3 Å². The predicted octanol–water partition coefficient (Wildman–Crippen LogP) is 5.00. The molecular formula is C26H36ClN3O3. The summed E-state index contributed by atoms with van der Waals surface area (Å²) in [5.74, 6) is 0.902.